The molecule has 2 aliphatic heterocycles. The third kappa shape index (κ3) is 5.80. The number of hydrogen-bond acceptors (Lipinski definition) is 3. The summed E-state index contributed by atoms with van der Waals surface area (Å²) in [6, 6.07) is 6.85. The minimum absolute atomic E-state index is 0.160. The van der Waals surface area contributed by atoms with Gasteiger partial charge in [0.25, 0.3) is 0 Å². The highest BCUT2D eigenvalue weighted by Gasteiger charge is 2.28. The summed E-state index contributed by atoms with van der Waals surface area (Å²) in [5, 5.41) is 4.56. The van der Waals surface area contributed by atoms with Crippen LogP contribution in [-0.4, -0.2) is 67.2 Å². The van der Waals surface area contributed by atoms with Gasteiger partial charge in [0.05, 0.1) is 15.7 Å². The number of rotatable bonds is 5. The Labute approximate surface area is 197 Å². The fourth-order valence-corrected chi connectivity index (χ4v) is 5.86. The lowest BCUT2D eigenvalue weighted by molar-refractivity contribution is 0.184. The molecule has 0 spiro atoms. The second-order valence-corrected chi connectivity index (χ2v) is 10.4. The molecule has 3 fully saturated rings. The van der Waals surface area contributed by atoms with E-state index in [1.165, 1.54) is 19.3 Å². The molecule has 1 atom stereocenters. The first-order valence-corrected chi connectivity index (χ1v) is 12.8. The van der Waals surface area contributed by atoms with Crippen LogP contribution in [0.4, 0.5) is 10.5 Å². The van der Waals surface area contributed by atoms with Crippen LogP contribution in [0.2, 0.25) is 10.0 Å². The van der Waals surface area contributed by atoms with Crippen molar-refractivity contribution >= 4 is 34.9 Å². The van der Waals surface area contributed by atoms with Gasteiger partial charge in [-0.05, 0) is 76.5 Å². The molecule has 0 unspecified atom stereocenters. The number of carbonyl (C=O) groups is 1. The molecule has 2 saturated heterocycles. The van der Waals surface area contributed by atoms with Gasteiger partial charge in [0.15, 0.2) is 0 Å². The van der Waals surface area contributed by atoms with Gasteiger partial charge in [-0.1, -0.05) is 29.3 Å². The fourth-order valence-electron chi connectivity index (χ4n) is 5.46. The lowest BCUT2D eigenvalue weighted by Crippen LogP contribution is -2.52. The molecule has 1 aromatic carbocycles. The predicted molar refractivity (Wildman–Crippen MR) is 129 cm³/mol. The number of urea groups is 1. The monoisotopic (exact) mass is 466 g/mol. The van der Waals surface area contributed by atoms with Gasteiger partial charge in [-0.3, -0.25) is 4.90 Å². The summed E-state index contributed by atoms with van der Waals surface area (Å²) < 4.78 is 0. The lowest BCUT2D eigenvalue weighted by atomic mass is 9.84. The Morgan fingerprint density at radius 3 is 2.52 bits per heavy atom. The van der Waals surface area contributed by atoms with Crippen molar-refractivity contribution in [3.05, 3.63) is 28.2 Å². The Kier molecular flexibility index (Phi) is 7.89. The molecular weight excluding hydrogens is 431 g/mol. The molecule has 31 heavy (non-hydrogen) atoms. The lowest BCUT2D eigenvalue weighted by Gasteiger charge is -2.42. The Bertz CT molecular complexity index is 747. The van der Waals surface area contributed by atoms with E-state index in [0.717, 1.165) is 76.6 Å². The summed E-state index contributed by atoms with van der Waals surface area (Å²) in [7, 11) is 0. The summed E-state index contributed by atoms with van der Waals surface area (Å²) >= 11 is 12.7. The first kappa shape index (κ1) is 23.0. The summed E-state index contributed by atoms with van der Waals surface area (Å²) in [6.45, 7) is 8.40. The first-order valence-electron chi connectivity index (χ1n) is 12.0. The summed E-state index contributed by atoms with van der Waals surface area (Å²) in [6.07, 6.45) is 8.29. The molecule has 0 aromatic heterocycles. The Balaban J connectivity index is 1.17. The van der Waals surface area contributed by atoms with Gasteiger partial charge in [0, 0.05) is 44.8 Å². The van der Waals surface area contributed by atoms with Crippen molar-refractivity contribution in [3.63, 3.8) is 0 Å². The van der Waals surface area contributed by atoms with E-state index < -0.39 is 0 Å². The molecular formula is C24H36Cl2N4O. The average Bonchev–Trinajstić information content (AvgIpc) is 3.31. The van der Waals surface area contributed by atoms with Gasteiger partial charge in [-0.2, -0.15) is 0 Å². The van der Waals surface area contributed by atoms with Crippen LogP contribution >= 0.6 is 23.2 Å². The van der Waals surface area contributed by atoms with Crippen LogP contribution in [0.5, 0.6) is 0 Å². The molecule has 172 valence electrons. The number of piperazine rings is 1. The van der Waals surface area contributed by atoms with Crippen LogP contribution in [-0.2, 0) is 0 Å². The normalized spacial score (nSPS) is 27.5. The number of benzene rings is 1. The Morgan fingerprint density at radius 2 is 1.81 bits per heavy atom. The van der Waals surface area contributed by atoms with Gasteiger partial charge in [0.2, 0.25) is 0 Å². The number of halogens is 2. The number of nitrogens with one attached hydrogen (secondary N) is 1. The van der Waals surface area contributed by atoms with E-state index in [-0.39, 0.29) is 6.03 Å². The van der Waals surface area contributed by atoms with Crippen LogP contribution in [0.3, 0.4) is 0 Å². The minimum atomic E-state index is 0.160. The molecule has 2 heterocycles. The zero-order valence-electron chi connectivity index (χ0n) is 18.7. The highest BCUT2D eigenvalue weighted by Crippen LogP contribution is 2.34. The van der Waals surface area contributed by atoms with E-state index in [2.05, 4.69) is 28.1 Å². The molecule has 0 radical (unpaired) electrons. The van der Waals surface area contributed by atoms with Gasteiger partial charge in [-0.15, -0.1) is 0 Å². The quantitative estimate of drug-likeness (QED) is 0.642. The maximum atomic E-state index is 12.3. The van der Waals surface area contributed by atoms with E-state index in [1.807, 2.05) is 17.0 Å². The molecule has 1 saturated carbocycles. The number of amides is 2. The predicted octanol–water partition coefficient (Wildman–Crippen LogP) is 5.26. The molecule has 1 aromatic rings. The van der Waals surface area contributed by atoms with Crippen molar-refractivity contribution in [1.82, 2.24) is 15.1 Å². The van der Waals surface area contributed by atoms with Crippen molar-refractivity contribution < 1.29 is 4.79 Å². The molecule has 1 N–H and O–H groups in total. The van der Waals surface area contributed by atoms with Crippen molar-refractivity contribution in [2.75, 3.05) is 44.2 Å². The molecule has 5 nitrogen and oxygen atoms in total. The molecule has 3 aliphatic rings. The number of nitrogens with zero attached hydrogens (tertiary/aromatic N) is 3. The fraction of sp³-hybridized carbons (Fsp3) is 0.708. The topological polar surface area (TPSA) is 38.8 Å². The second-order valence-electron chi connectivity index (χ2n) is 9.57. The highest BCUT2D eigenvalue weighted by molar-refractivity contribution is 6.43. The Hall–Kier alpha value is -1.17. The van der Waals surface area contributed by atoms with Gasteiger partial charge < -0.3 is 15.1 Å². The minimum Gasteiger partial charge on any atom is -0.365 e. The highest BCUT2D eigenvalue weighted by atomic mass is 35.5. The standard InChI is InChI=1S/C24H36Cl2N4O/c1-18-17-28(15-16-30(18)22-6-4-5-21(25)23(22)26)14-11-19-7-9-20(10-8-19)27-24(31)29-12-2-3-13-29/h4-6,18-20H,2-3,7-17H2,1H3,(H,27,31)/t18-,19-,20-/m1/s1. The van der Waals surface area contributed by atoms with E-state index >= 15 is 0 Å². The van der Waals surface area contributed by atoms with Crippen molar-refractivity contribution in [3.8, 4) is 0 Å². The van der Waals surface area contributed by atoms with Crippen LogP contribution in [0.25, 0.3) is 0 Å². The third-order valence-corrected chi connectivity index (χ3v) is 8.18. The smallest absolute Gasteiger partial charge is 0.317 e. The summed E-state index contributed by atoms with van der Waals surface area (Å²) in [5.41, 5.74) is 1.05. The van der Waals surface area contributed by atoms with Crippen molar-refractivity contribution in [1.29, 1.82) is 0 Å². The third-order valence-electron chi connectivity index (χ3n) is 7.37. The summed E-state index contributed by atoms with van der Waals surface area (Å²) in [4.78, 5) is 19.3. The molecule has 2 amide bonds. The van der Waals surface area contributed by atoms with Gasteiger partial charge in [0.1, 0.15) is 0 Å². The summed E-state index contributed by atoms with van der Waals surface area (Å²) in [5.74, 6) is 0.788. The van der Waals surface area contributed by atoms with E-state index in [4.69, 9.17) is 23.2 Å². The maximum absolute atomic E-state index is 12.3. The average molecular weight is 467 g/mol. The molecule has 0 bridgehead atoms. The zero-order chi connectivity index (χ0) is 21.8. The van der Waals surface area contributed by atoms with Crippen LogP contribution in [0, 0.1) is 5.92 Å². The second kappa shape index (κ2) is 10.6. The van der Waals surface area contributed by atoms with Crippen molar-refractivity contribution in [2.24, 2.45) is 5.92 Å². The number of anilines is 1. The van der Waals surface area contributed by atoms with E-state index in [1.54, 1.807) is 0 Å². The van der Waals surface area contributed by atoms with Crippen LogP contribution in [0.15, 0.2) is 18.2 Å². The molecule has 4 rings (SSSR count). The number of likely N-dealkylation sites (tertiary alicyclic amines) is 1. The molecule has 1 aliphatic carbocycles. The number of carbonyl (C=O) groups excluding carboxylic acids is 1. The largest absolute Gasteiger partial charge is 0.365 e. The maximum Gasteiger partial charge on any atom is 0.317 e. The van der Waals surface area contributed by atoms with E-state index in [9.17, 15) is 4.79 Å². The molecule has 7 heteroatoms. The first-order chi connectivity index (χ1) is 15.0. The van der Waals surface area contributed by atoms with E-state index in [0.29, 0.717) is 22.1 Å². The van der Waals surface area contributed by atoms with Crippen LogP contribution < -0.4 is 10.2 Å². The van der Waals surface area contributed by atoms with Gasteiger partial charge >= 0.3 is 6.03 Å². The SMILES string of the molecule is C[C@@H]1CN(CC[C@H]2CC[C@H](NC(=O)N3CCCC3)CC2)CCN1c1cccc(Cl)c1Cl. The van der Waals surface area contributed by atoms with Crippen molar-refractivity contribution in [2.45, 2.75) is 64.0 Å². The Morgan fingerprint density at radius 1 is 1.06 bits per heavy atom. The zero-order valence-corrected chi connectivity index (χ0v) is 20.2. The van der Waals surface area contributed by atoms with Crippen LogP contribution in [0.1, 0.15) is 51.9 Å². The van der Waals surface area contributed by atoms with Gasteiger partial charge in [-0.25, -0.2) is 4.79 Å². The number of hydrogen-bond donors (Lipinski definition) is 1.